The molecule has 7 nitrogen and oxygen atoms in total. The van der Waals surface area contributed by atoms with E-state index in [9.17, 15) is 14.0 Å². The van der Waals surface area contributed by atoms with Crippen LogP contribution in [0.1, 0.15) is 31.1 Å². The standard InChI is InChI=1S/C21H21FN4O3/c1-21(2,3)25-20(28)23-14-8-6-7-13(11-14)19(27)24-18-12-17(29-26-18)15-9-4-5-10-16(15)22/h4-12H,1-3H3,(H2,23,25,28)(H,24,26,27). The minimum atomic E-state index is -0.450. The van der Waals surface area contributed by atoms with Crippen LogP contribution in [0, 0.1) is 5.82 Å². The molecule has 0 saturated heterocycles. The van der Waals surface area contributed by atoms with Gasteiger partial charge in [-0.15, -0.1) is 0 Å². The molecule has 150 valence electrons. The molecule has 0 radical (unpaired) electrons. The van der Waals surface area contributed by atoms with Gasteiger partial charge < -0.3 is 20.5 Å². The van der Waals surface area contributed by atoms with E-state index in [1.807, 2.05) is 20.8 Å². The van der Waals surface area contributed by atoms with Crippen molar-refractivity contribution in [2.75, 3.05) is 10.6 Å². The highest BCUT2D eigenvalue weighted by atomic mass is 19.1. The van der Waals surface area contributed by atoms with E-state index in [1.54, 1.807) is 36.4 Å². The molecule has 3 N–H and O–H groups in total. The summed E-state index contributed by atoms with van der Waals surface area (Å²) in [5.74, 6) is -0.545. The van der Waals surface area contributed by atoms with Gasteiger partial charge in [0.15, 0.2) is 11.6 Å². The normalized spacial score (nSPS) is 11.0. The maximum absolute atomic E-state index is 13.8. The Balaban J connectivity index is 1.69. The number of halogens is 1. The maximum Gasteiger partial charge on any atom is 0.319 e. The smallest absolute Gasteiger partial charge is 0.319 e. The molecule has 0 aliphatic carbocycles. The summed E-state index contributed by atoms with van der Waals surface area (Å²) in [5.41, 5.74) is 0.638. The van der Waals surface area contributed by atoms with Crippen molar-refractivity contribution in [2.24, 2.45) is 0 Å². The number of carbonyl (C=O) groups is 2. The molecule has 0 fully saturated rings. The number of rotatable bonds is 4. The molecule has 0 unspecified atom stereocenters. The number of carbonyl (C=O) groups excluding carboxylic acids is 2. The number of hydrogen-bond donors (Lipinski definition) is 3. The van der Waals surface area contributed by atoms with Gasteiger partial charge in [-0.2, -0.15) is 0 Å². The Morgan fingerprint density at radius 2 is 1.76 bits per heavy atom. The molecule has 3 aromatic rings. The zero-order chi connectivity index (χ0) is 21.0. The Morgan fingerprint density at radius 1 is 1.00 bits per heavy atom. The van der Waals surface area contributed by atoms with Crippen LogP contribution in [0.25, 0.3) is 11.3 Å². The third kappa shape index (κ3) is 5.41. The molecule has 3 rings (SSSR count). The average molecular weight is 396 g/mol. The maximum atomic E-state index is 13.8. The molecule has 0 aliphatic heterocycles. The summed E-state index contributed by atoms with van der Waals surface area (Å²) >= 11 is 0. The minimum Gasteiger partial charge on any atom is -0.354 e. The average Bonchev–Trinajstić information content (AvgIpc) is 3.09. The zero-order valence-corrected chi connectivity index (χ0v) is 16.2. The molecular formula is C21H21FN4O3. The van der Waals surface area contributed by atoms with E-state index in [1.165, 1.54) is 18.2 Å². The van der Waals surface area contributed by atoms with Crippen molar-refractivity contribution in [3.8, 4) is 11.3 Å². The van der Waals surface area contributed by atoms with Gasteiger partial charge in [0.1, 0.15) is 5.82 Å². The number of amides is 3. The number of urea groups is 1. The van der Waals surface area contributed by atoms with E-state index < -0.39 is 11.7 Å². The van der Waals surface area contributed by atoms with Crippen LogP contribution in [0.3, 0.4) is 0 Å². The summed E-state index contributed by atoms with van der Waals surface area (Å²) < 4.78 is 19.0. The van der Waals surface area contributed by atoms with Gasteiger partial charge in [-0.3, -0.25) is 4.79 Å². The lowest BCUT2D eigenvalue weighted by molar-refractivity contribution is 0.102. The molecule has 2 aromatic carbocycles. The Kier molecular flexibility index (Phi) is 5.63. The van der Waals surface area contributed by atoms with Crippen LogP contribution < -0.4 is 16.0 Å². The van der Waals surface area contributed by atoms with Crippen LogP contribution in [0.2, 0.25) is 0 Å². The van der Waals surface area contributed by atoms with Crippen LogP contribution >= 0.6 is 0 Å². The quantitative estimate of drug-likeness (QED) is 0.598. The molecule has 29 heavy (non-hydrogen) atoms. The van der Waals surface area contributed by atoms with Gasteiger partial charge in [0.25, 0.3) is 5.91 Å². The van der Waals surface area contributed by atoms with E-state index in [0.717, 1.165) is 0 Å². The monoisotopic (exact) mass is 396 g/mol. The molecule has 8 heteroatoms. The molecule has 1 heterocycles. The largest absolute Gasteiger partial charge is 0.354 e. The number of benzene rings is 2. The first kappa shape index (κ1) is 20.1. The predicted molar refractivity (Wildman–Crippen MR) is 108 cm³/mol. The van der Waals surface area contributed by atoms with Gasteiger partial charge in [-0.05, 0) is 51.1 Å². The summed E-state index contributed by atoms with van der Waals surface area (Å²) in [6, 6.07) is 13.6. The van der Waals surface area contributed by atoms with E-state index in [2.05, 4.69) is 21.1 Å². The van der Waals surface area contributed by atoms with E-state index in [-0.39, 0.29) is 28.7 Å². The zero-order valence-electron chi connectivity index (χ0n) is 16.2. The van der Waals surface area contributed by atoms with Gasteiger partial charge in [0.05, 0.1) is 5.56 Å². The summed E-state index contributed by atoms with van der Waals surface area (Å²) in [6.45, 7) is 5.60. The summed E-state index contributed by atoms with van der Waals surface area (Å²) in [4.78, 5) is 24.5. The van der Waals surface area contributed by atoms with Gasteiger partial charge in [0, 0.05) is 22.9 Å². The van der Waals surface area contributed by atoms with Crippen LogP contribution in [0.15, 0.2) is 59.1 Å². The topological polar surface area (TPSA) is 96.3 Å². The van der Waals surface area contributed by atoms with Gasteiger partial charge in [-0.1, -0.05) is 23.4 Å². The minimum absolute atomic E-state index is 0.150. The molecule has 0 aliphatic rings. The Hall–Kier alpha value is -3.68. The van der Waals surface area contributed by atoms with Crippen LogP contribution in [0.4, 0.5) is 20.7 Å². The second kappa shape index (κ2) is 8.14. The van der Waals surface area contributed by atoms with Crippen molar-refractivity contribution in [1.82, 2.24) is 10.5 Å². The molecule has 0 atom stereocenters. The van der Waals surface area contributed by atoms with Crippen LogP contribution in [0.5, 0.6) is 0 Å². The summed E-state index contributed by atoms with van der Waals surface area (Å²) in [5, 5.41) is 11.8. The molecule has 3 amide bonds. The van der Waals surface area contributed by atoms with Crippen LogP contribution in [-0.4, -0.2) is 22.6 Å². The highest BCUT2D eigenvalue weighted by Gasteiger charge is 2.16. The van der Waals surface area contributed by atoms with Crippen molar-refractivity contribution in [3.05, 3.63) is 66.0 Å². The first-order valence-electron chi connectivity index (χ1n) is 8.93. The highest BCUT2D eigenvalue weighted by molar-refractivity contribution is 6.05. The van der Waals surface area contributed by atoms with Crippen molar-refractivity contribution >= 4 is 23.4 Å². The Bertz CT molecular complexity index is 1040. The molecule has 0 saturated carbocycles. The van der Waals surface area contributed by atoms with E-state index in [0.29, 0.717) is 11.3 Å². The fraction of sp³-hybridized carbons (Fsp3) is 0.190. The van der Waals surface area contributed by atoms with E-state index >= 15 is 0 Å². The second-order valence-electron chi connectivity index (χ2n) is 7.42. The Labute approximate surface area is 167 Å². The molecule has 0 spiro atoms. The Morgan fingerprint density at radius 3 is 2.48 bits per heavy atom. The molecular weight excluding hydrogens is 375 g/mol. The third-order valence-corrected chi connectivity index (χ3v) is 3.76. The third-order valence-electron chi connectivity index (χ3n) is 3.76. The summed E-state index contributed by atoms with van der Waals surface area (Å²) in [6.07, 6.45) is 0. The van der Waals surface area contributed by atoms with Gasteiger partial charge in [-0.25, -0.2) is 9.18 Å². The lowest BCUT2D eigenvalue weighted by Crippen LogP contribution is -2.43. The molecule has 1 aromatic heterocycles. The highest BCUT2D eigenvalue weighted by Crippen LogP contribution is 2.25. The lowest BCUT2D eigenvalue weighted by Gasteiger charge is -2.20. The van der Waals surface area contributed by atoms with Crippen molar-refractivity contribution in [2.45, 2.75) is 26.3 Å². The second-order valence-corrected chi connectivity index (χ2v) is 7.42. The van der Waals surface area contributed by atoms with Crippen molar-refractivity contribution in [1.29, 1.82) is 0 Å². The number of hydrogen-bond acceptors (Lipinski definition) is 4. The SMILES string of the molecule is CC(C)(C)NC(=O)Nc1cccc(C(=O)Nc2cc(-c3ccccc3F)on2)c1. The fourth-order valence-corrected chi connectivity index (χ4v) is 2.55. The first-order chi connectivity index (χ1) is 13.7. The van der Waals surface area contributed by atoms with E-state index in [4.69, 9.17) is 4.52 Å². The lowest BCUT2D eigenvalue weighted by atomic mass is 10.1. The summed E-state index contributed by atoms with van der Waals surface area (Å²) in [7, 11) is 0. The molecule has 0 bridgehead atoms. The number of anilines is 2. The first-order valence-corrected chi connectivity index (χ1v) is 8.93. The van der Waals surface area contributed by atoms with Crippen molar-refractivity contribution in [3.63, 3.8) is 0 Å². The van der Waals surface area contributed by atoms with Crippen molar-refractivity contribution < 1.29 is 18.5 Å². The van der Waals surface area contributed by atoms with Gasteiger partial charge >= 0.3 is 6.03 Å². The number of nitrogens with one attached hydrogen (secondary N) is 3. The van der Waals surface area contributed by atoms with Gasteiger partial charge in [0.2, 0.25) is 0 Å². The number of nitrogens with zero attached hydrogens (tertiary/aromatic N) is 1. The predicted octanol–water partition coefficient (Wildman–Crippen LogP) is 4.65. The number of aromatic nitrogens is 1. The van der Waals surface area contributed by atoms with Crippen LogP contribution in [-0.2, 0) is 0 Å². The fourth-order valence-electron chi connectivity index (χ4n) is 2.55.